The summed E-state index contributed by atoms with van der Waals surface area (Å²) in [5.74, 6) is -0.0346. The predicted molar refractivity (Wildman–Crippen MR) is 81.2 cm³/mol. The number of nitrogens with zero attached hydrogens (tertiary/aromatic N) is 2. The second kappa shape index (κ2) is 5.64. The molecule has 2 heterocycles. The van der Waals surface area contributed by atoms with Gasteiger partial charge in [-0.05, 0) is 30.3 Å². The molecule has 5 nitrogen and oxygen atoms in total. The fourth-order valence-corrected chi connectivity index (χ4v) is 2.72. The van der Waals surface area contributed by atoms with E-state index in [-0.39, 0.29) is 10.9 Å². The summed E-state index contributed by atoms with van der Waals surface area (Å²) in [4.78, 5) is 19.7. The second-order valence-corrected chi connectivity index (χ2v) is 5.52. The van der Waals surface area contributed by atoms with Gasteiger partial charge in [0.25, 0.3) is 12.3 Å². The largest absolute Gasteiger partial charge is 0.384 e. The summed E-state index contributed by atoms with van der Waals surface area (Å²) in [6.45, 7) is 0. The molecule has 2 aromatic heterocycles. The number of aromatic nitrogens is 2. The molecule has 0 spiro atoms. The number of amides is 1. The van der Waals surface area contributed by atoms with Gasteiger partial charge in [0.1, 0.15) is 5.82 Å². The SMILES string of the molecule is Nc1ccc(C(=O)Nc2ccc3nc(C(F)F)sc3c2)cn1. The van der Waals surface area contributed by atoms with Crippen LogP contribution in [-0.4, -0.2) is 15.9 Å². The number of fused-ring (bicyclic) bond motifs is 1. The van der Waals surface area contributed by atoms with Crippen molar-refractivity contribution in [1.29, 1.82) is 0 Å². The number of halogens is 2. The number of carbonyl (C=O) groups is 1. The molecular weight excluding hydrogens is 310 g/mol. The molecule has 0 fully saturated rings. The second-order valence-electron chi connectivity index (χ2n) is 4.46. The number of pyridine rings is 1. The number of carbonyl (C=O) groups excluding carboxylic acids is 1. The van der Waals surface area contributed by atoms with E-state index in [0.29, 0.717) is 27.3 Å². The number of nitrogens with two attached hydrogens (primary N) is 1. The van der Waals surface area contributed by atoms with Crippen LogP contribution in [-0.2, 0) is 0 Å². The molecule has 0 aliphatic heterocycles. The van der Waals surface area contributed by atoms with E-state index < -0.39 is 6.43 Å². The summed E-state index contributed by atoms with van der Waals surface area (Å²) in [5, 5.41) is 2.44. The van der Waals surface area contributed by atoms with Crippen LogP contribution in [0.25, 0.3) is 10.2 Å². The average Bonchev–Trinajstić information content (AvgIpc) is 2.91. The lowest BCUT2D eigenvalue weighted by Crippen LogP contribution is -2.12. The highest BCUT2D eigenvalue weighted by molar-refractivity contribution is 7.18. The van der Waals surface area contributed by atoms with Crippen molar-refractivity contribution in [1.82, 2.24) is 9.97 Å². The first-order chi connectivity index (χ1) is 10.5. The molecule has 8 heteroatoms. The summed E-state index contributed by atoms with van der Waals surface area (Å²) in [6.07, 6.45) is -1.23. The number of alkyl halides is 2. The van der Waals surface area contributed by atoms with Crippen LogP contribution in [0, 0.1) is 0 Å². The number of benzene rings is 1. The van der Waals surface area contributed by atoms with Crippen molar-refractivity contribution in [2.75, 3.05) is 11.1 Å². The van der Waals surface area contributed by atoms with Gasteiger partial charge in [0.05, 0.1) is 15.8 Å². The summed E-state index contributed by atoms with van der Waals surface area (Å²) in [7, 11) is 0. The molecule has 0 aliphatic rings. The highest BCUT2D eigenvalue weighted by atomic mass is 32.1. The van der Waals surface area contributed by atoms with Crippen molar-refractivity contribution in [3.05, 3.63) is 47.1 Å². The maximum absolute atomic E-state index is 12.6. The Hall–Kier alpha value is -2.61. The Kier molecular flexibility index (Phi) is 3.68. The van der Waals surface area contributed by atoms with Crippen LogP contribution in [0.5, 0.6) is 0 Å². The molecule has 3 rings (SSSR count). The first-order valence-corrected chi connectivity index (χ1v) is 7.06. The third kappa shape index (κ3) is 2.86. The monoisotopic (exact) mass is 320 g/mol. The molecule has 0 atom stereocenters. The zero-order valence-corrected chi connectivity index (χ0v) is 11.9. The molecule has 3 N–H and O–H groups in total. The Balaban J connectivity index is 1.84. The lowest BCUT2D eigenvalue weighted by Gasteiger charge is -2.05. The van der Waals surface area contributed by atoms with E-state index in [2.05, 4.69) is 15.3 Å². The Morgan fingerprint density at radius 2 is 2.09 bits per heavy atom. The van der Waals surface area contributed by atoms with Gasteiger partial charge in [-0.3, -0.25) is 4.79 Å². The summed E-state index contributed by atoms with van der Waals surface area (Å²) in [6, 6.07) is 7.89. The van der Waals surface area contributed by atoms with E-state index in [9.17, 15) is 13.6 Å². The third-order valence-corrected chi connectivity index (χ3v) is 3.92. The molecule has 112 valence electrons. The highest BCUT2D eigenvalue weighted by Crippen LogP contribution is 2.30. The standard InChI is InChI=1S/C14H10F2N4OS/c15-12(16)14-20-9-3-2-8(5-10(9)22-14)19-13(21)7-1-4-11(17)18-6-7/h1-6,12H,(H2,17,18)(H,19,21). The minimum absolute atomic E-state index is 0.235. The number of hydrogen-bond donors (Lipinski definition) is 2. The number of nitrogens with one attached hydrogen (secondary N) is 1. The van der Waals surface area contributed by atoms with Crippen molar-refractivity contribution in [3.8, 4) is 0 Å². The first-order valence-electron chi connectivity index (χ1n) is 6.24. The van der Waals surface area contributed by atoms with Gasteiger partial charge in [-0.1, -0.05) is 0 Å². The fraction of sp³-hybridized carbons (Fsp3) is 0.0714. The molecular formula is C14H10F2N4OS. The van der Waals surface area contributed by atoms with Gasteiger partial charge in [0.2, 0.25) is 0 Å². The van der Waals surface area contributed by atoms with Crippen LogP contribution in [0.15, 0.2) is 36.5 Å². The normalized spacial score (nSPS) is 11.0. The zero-order chi connectivity index (χ0) is 15.7. The highest BCUT2D eigenvalue weighted by Gasteiger charge is 2.14. The van der Waals surface area contributed by atoms with Gasteiger partial charge in [-0.25, -0.2) is 18.7 Å². The van der Waals surface area contributed by atoms with Gasteiger partial charge in [-0.2, -0.15) is 0 Å². The van der Waals surface area contributed by atoms with Crippen molar-refractivity contribution in [3.63, 3.8) is 0 Å². The van der Waals surface area contributed by atoms with Gasteiger partial charge in [-0.15, -0.1) is 11.3 Å². The van der Waals surface area contributed by atoms with Crippen molar-refractivity contribution < 1.29 is 13.6 Å². The zero-order valence-electron chi connectivity index (χ0n) is 11.1. The summed E-state index contributed by atoms with van der Waals surface area (Å²) >= 11 is 0.903. The van der Waals surface area contributed by atoms with Gasteiger partial charge in [0.15, 0.2) is 5.01 Å². The smallest absolute Gasteiger partial charge is 0.289 e. The van der Waals surface area contributed by atoms with Crippen LogP contribution in [0.2, 0.25) is 0 Å². The topological polar surface area (TPSA) is 80.9 Å². The van der Waals surface area contributed by atoms with E-state index in [0.717, 1.165) is 11.3 Å². The maximum atomic E-state index is 12.6. The third-order valence-electron chi connectivity index (χ3n) is 2.90. The van der Waals surface area contributed by atoms with Crippen molar-refractivity contribution in [2.24, 2.45) is 0 Å². The Morgan fingerprint density at radius 3 is 2.77 bits per heavy atom. The molecule has 1 amide bonds. The molecule has 3 aromatic rings. The Bertz CT molecular complexity index is 832. The number of nitrogen functional groups attached to an aromatic ring is 1. The van der Waals surface area contributed by atoms with Crippen LogP contribution in [0.1, 0.15) is 21.8 Å². The number of rotatable bonds is 3. The maximum Gasteiger partial charge on any atom is 0.289 e. The molecule has 0 unspecified atom stereocenters. The minimum Gasteiger partial charge on any atom is -0.384 e. The lowest BCUT2D eigenvalue weighted by atomic mass is 10.2. The molecule has 0 radical (unpaired) electrons. The minimum atomic E-state index is -2.60. The van der Waals surface area contributed by atoms with E-state index in [1.165, 1.54) is 12.3 Å². The van der Waals surface area contributed by atoms with Crippen LogP contribution < -0.4 is 11.1 Å². The predicted octanol–water partition coefficient (Wildman–Crippen LogP) is 3.46. The number of hydrogen-bond acceptors (Lipinski definition) is 5. The average molecular weight is 320 g/mol. The van der Waals surface area contributed by atoms with E-state index >= 15 is 0 Å². The number of anilines is 2. The Morgan fingerprint density at radius 1 is 1.27 bits per heavy atom. The van der Waals surface area contributed by atoms with Gasteiger partial charge < -0.3 is 11.1 Å². The van der Waals surface area contributed by atoms with Crippen molar-refractivity contribution in [2.45, 2.75) is 6.43 Å². The summed E-state index contributed by atoms with van der Waals surface area (Å²) < 4.78 is 25.8. The van der Waals surface area contributed by atoms with E-state index in [1.54, 1.807) is 24.3 Å². The molecule has 0 aliphatic carbocycles. The lowest BCUT2D eigenvalue weighted by molar-refractivity contribution is 0.102. The molecule has 0 saturated carbocycles. The molecule has 0 saturated heterocycles. The van der Waals surface area contributed by atoms with E-state index in [1.807, 2.05) is 0 Å². The Labute approximate surface area is 127 Å². The molecule has 1 aromatic carbocycles. The van der Waals surface area contributed by atoms with Crippen LogP contribution in [0.4, 0.5) is 20.3 Å². The summed E-state index contributed by atoms with van der Waals surface area (Å²) in [5.41, 5.74) is 6.79. The van der Waals surface area contributed by atoms with Crippen LogP contribution >= 0.6 is 11.3 Å². The van der Waals surface area contributed by atoms with E-state index in [4.69, 9.17) is 5.73 Å². The fourth-order valence-electron chi connectivity index (χ4n) is 1.86. The van der Waals surface area contributed by atoms with Gasteiger partial charge in [0, 0.05) is 11.9 Å². The van der Waals surface area contributed by atoms with Crippen LogP contribution in [0.3, 0.4) is 0 Å². The molecule has 22 heavy (non-hydrogen) atoms. The number of thiazole rings is 1. The quantitative estimate of drug-likeness (QED) is 0.774. The molecule has 0 bridgehead atoms. The van der Waals surface area contributed by atoms with Gasteiger partial charge >= 0.3 is 0 Å². The van der Waals surface area contributed by atoms with Crippen molar-refractivity contribution >= 4 is 39.0 Å². The first kappa shape index (κ1) is 14.3.